The lowest BCUT2D eigenvalue weighted by molar-refractivity contribution is 0.0955. The van der Waals surface area contributed by atoms with Gasteiger partial charge >= 0.3 is 0 Å². The molecule has 0 unspecified atom stereocenters. The molecule has 3 aromatic rings. The molecular weight excluding hydrogens is 423 g/mol. The molecule has 0 atom stereocenters. The lowest BCUT2D eigenvalue weighted by atomic mass is 10.2. The largest absolute Gasteiger partial charge is 0.497 e. The van der Waals surface area contributed by atoms with Crippen LogP contribution in [-0.4, -0.2) is 26.3 Å². The molecule has 0 aliphatic heterocycles. The van der Waals surface area contributed by atoms with Crippen molar-refractivity contribution < 1.29 is 23.4 Å². The fourth-order valence-electron chi connectivity index (χ4n) is 2.66. The van der Waals surface area contributed by atoms with Gasteiger partial charge in [0, 0.05) is 5.56 Å². The van der Waals surface area contributed by atoms with Crippen molar-refractivity contribution in [2.24, 2.45) is 5.10 Å². The van der Waals surface area contributed by atoms with Crippen LogP contribution < -0.4 is 19.6 Å². The van der Waals surface area contributed by atoms with Crippen LogP contribution in [0.3, 0.4) is 0 Å². The Kier molecular flexibility index (Phi) is 7.45. The smallest absolute Gasteiger partial charge is 0.271 e. The molecule has 0 saturated heterocycles. The first-order chi connectivity index (χ1) is 15.0. The van der Waals surface area contributed by atoms with Gasteiger partial charge in [0.15, 0.2) is 11.5 Å². The molecule has 160 valence electrons. The molecular formula is C23H20ClFN2O4. The summed E-state index contributed by atoms with van der Waals surface area (Å²) in [6, 6.07) is 15.9. The number of halogens is 2. The molecule has 1 N–H and O–H groups in total. The van der Waals surface area contributed by atoms with Crippen LogP contribution >= 0.6 is 11.6 Å². The van der Waals surface area contributed by atoms with Crippen molar-refractivity contribution in [3.05, 3.63) is 88.2 Å². The molecule has 0 radical (unpaired) electrons. The van der Waals surface area contributed by atoms with E-state index in [9.17, 15) is 9.18 Å². The van der Waals surface area contributed by atoms with Gasteiger partial charge in [0.1, 0.15) is 18.2 Å². The van der Waals surface area contributed by atoms with Gasteiger partial charge in [-0.25, -0.2) is 9.82 Å². The first kappa shape index (κ1) is 22.1. The molecule has 1 amide bonds. The summed E-state index contributed by atoms with van der Waals surface area (Å²) in [5.41, 5.74) is 4.28. The van der Waals surface area contributed by atoms with Crippen molar-refractivity contribution in [2.45, 2.75) is 6.61 Å². The summed E-state index contributed by atoms with van der Waals surface area (Å²) in [7, 11) is 3.04. The van der Waals surface area contributed by atoms with Gasteiger partial charge in [0.05, 0.1) is 25.5 Å². The molecule has 0 spiro atoms. The third-order valence-electron chi connectivity index (χ3n) is 4.28. The Bertz CT molecular complexity index is 1070. The van der Waals surface area contributed by atoms with Gasteiger partial charge in [-0.15, -0.1) is 0 Å². The summed E-state index contributed by atoms with van der Waals surface area (Å²) >= 11 is 6.34. The van der Waals surface area contributed by atoms with Gasteiger partial charge in [-0.2, -0.15) is 5.10 Å². The molecule has 0 fully saturated rings. The third-order valence-corrected chi connectivity index (χ3v) is 4.56. The van der Waals surface area contributed by atoms with E-state index < -0.39 is 0 Å². The first-order valence-corrected chi connectivity index (χ1v) is 9.60. The number of amides is 1. The fourth-order valence-corrected chi connectivity index (χ4v) is 2.94. The average molecular weight is 443 g/mol. The van der Waals surface area contributed by atoms with Gasteiger partial charge in [-0.1, -0.05) is 23.7 Å². The molecule has 0 bridgehead atoms. The number of ether oxygens (including phenoxy) is 3. The van der Waals surface area contributed by atoms with Crippen LogP contribution in [0, 0.1) is 5.82 Å². The second kappa shape index (κ2) is 10.4. The summed E-state index contributed by atoms with van der Waals surface area (Å²) in [5.74, 6) is 0.729. The second-order valence-electron chi connectivity index (χ2n) is 6.38. The summed E-state index contributed by atoms with van der Waals surface area (Å²) in [5, 5.41) is 4.27. The Hall–Kier alpha value is -3.58. The average Bonchev–Trinajstić information content (AvgIpc) is 2.79. The molecule has 3 aromatic carbocycles. The highest BCUT2D eigenvalue weighted by atomic mass is 35.5. The number of nitrogens with one attached hydrogen (secondary N) is 1. The zero-order valence-electron chi connectivity index (χ0n) is 16.9. The van der Waals surface area contributed by atoms with Gasteiger partial charge < -0.3 is 14.2 Å². The van der Waals surface area contributed by atoms with E-state index in [-0.39, 0.29) is 18.3 Å². The minimum Gasteiger partial charge on any atom is -0.497 e. The Morgan fingerprint density at radius 3 is 2.42 bits per heavy atom. The predicted molar refractivity (Wildman–Crippen MR) is 117 cm³/mol. The van der Waals surface area contributed by atoms with Crippen molar-refractivity contribution in [1.82, 2.24) is 5.43 Å². The lowest BCUT2D eigenvalue weighted by Crippen LogP contribution is -2.17. The van der Waals surface area contributed by atoms with Crippen LogP contribution in [0.5, 0.6) is 17.2 Å². The Morgan fingerprint density at radius 1 is 1.06 bits per heavy atom. The minimum atomic E-state index is -0.365. The molecule has 0 aliphatic rings. The fraction of sp³-hybridized carbons (Fsp3) is 0.130. The number of carbonyl (C=O) groups is 1. The third kappa shape index (κ3) is 5.96. The SMILES string of the molecule is COc1ccc(C(=O)N/N=C\c2cc(Cl)c(OCc3ccc(F)cc3)c(OC)c2)cc1. The number of hydrazone groups is 1. The van der Waals surface area contributed by atoms with Crippen LogP contribution in [0.4, 0.5) is 4.39 Å². The predicted octanol–water partition coefficient (Wildman–Crippen LogP) is 4.84. The Balaban J connectivity index is 1.66. The maximum Gasteiger partial charge on any atom is 0.271 e. The number of rotatable bonds is 8. The molecule has 31 heavy (non-hydrogen) atoms. The van der Waals surface area contributed by atoms with Crippen molar-refractivity contribution in [3.63, 3.8) is 0 Å². The highest BCUT2D eigenvalue weighted by Crippen LogP contribution is 2.36. The number of hydrogen-bond donors (Lipinski definition) is 1. The molecule has 8 heteroatoms. The maximum atomic E-state index is 13.0. The summed E-state index contributed by atoms with van der Waals surface area (Å²) in [6.45, 7) is 0.196. The van der Waals surface area contributed by atoms with Gasteiger partial charge in [-0.05, 0) is 59.7 Å². The topological polar surface area (TPSA) is 69.2 Å². The van der Waals surface area contributed by atoms with E-state index in [2.05, 4.69) is 10.5 Å². The van der Waals surface area contributed by atoms with E-state index in [0.29, 0.717) is 33.4 Å². The van der Waals surface area contributed by atoms with Gasteiger partial charge in [0.2, 0.25) is 0 Å². The van der Waals surface area contributed by atoms with E-state index in [1.165, 1.54) is 25.5 Å². The highest BCUT2D eigenvalue weighted by Gasteiger charge is 2.12. The van der Waals surface area contributed by atoms with Gasteiger partial charge in [-0.3, -0.25) is 4.79 Å². The van der Waals surface area contributed by atoms with E-state index in [0.717, 1.165) is 5.56 Å². The monoisotopic (exact) mass is 442 g/mol. The zero-order valence-corrected chi connectivity index (χ0v) is 17.7. The highest BCUT2D eigenvalue weighted by molar-refractivity contribution is 6.32. The van der Waals surface area contributed by atoms with Crippen LogP contribution in [0.15, 0.2) is 65.8 Å². The maximum absolute atomic E-state index is 13.0. The number of benzene rings is 3. The molecule has 0 aromatic heterocycles. The van der Waals surface area contributed by atoms with E-state index in [4.69, 9.17) is 25.8 Å². The zero-order chi connectivity index (χ0) is 22.2. The van der Waals surface area contributed by atoms with E-state index >= 15 is 0 Å². The summed E-state index contributed by atoms with van der Waals surface area (Å²) in [4.78, 5) is 12.2. The standard InChI is InChI=1S/C23H20ClFN2O4/c1-29-19-9-5-17(6-10-19)23(28)27-26-13-16-11-20(24)22(21(12-16)30-2)31-14-15-3-7-18(25)8-4-15/h3-13H,14H2,1-2H3,(H,27,28)/b26-13-. The van der Waals surface area contributed by atoms with Crippen molar-refractivity contribution in [1.29, 1.82) is 0 Å². The molecule has 0 saturated carbocycles. The summed E-state index contributed by atoms with van der Waals surface area (Å²) in [6.07, 6.45) is 1.44. The lowest BCUT2D eigenvalue weighted by Gasteiger charge is -2.13. The minimum absolute atomic E-state index is 0.196. The first-order valence-electron chi connectivity index (χ1n) is 9.22. The molecule has 0 heterocycles. The number of hydrogen-bond acceptors (Lipinski definition) is 5. The van der Waals surface area contributed by atoms with Crippen LogP contribution in [-0.2, 0) is 6.61 Å². The molecule has 6 nitrogen and oxygen atoms in total. The van der Waals surface area contributed by atoms with Crippen molar-refractivity contribution in [3.8, 4) is 17.2 Å². The quantitative estimate of drug-likeness (QED) is 0.400. The second-order valence-corrected chi connectivity index (χ2v) is 6.78. The normalized spacial score (nSPS) is 10.7. The number of carbonyl (C=O) groups excluding carboxylic acids is 1. The van der Waals surface area contributed by atoms with Crippen LogP contribution in [0.2, 0.25) is 5.02 Å². The number of methoxy groups -OCH3 is 2. The van der Waals surface area contributed by atoms with E-state index in [1.54, 1.807) is 55.6 Å². The van der Waals surface area contributed by atoms with Crippen molar-refractivity contribution >= 4 is 23.7 Å². The van der Waals surface area contributed by atoms with Crippen LogP contribution in [0.1, 0.15) is 21.5 Å². The molecule has 3 rings (SSSR count). The summed E-state index contributed by atoms with van der Waals surface area (Å²) < 4.78 is 29.2. The van der Waals surface area contributed by atoms with Crippen LogP contribution in [0.25, 0.3) is 0 Å². The number of nitrogens with zero attached hydrogens (tertiary/aromatic N) is 1. The Morgan fingerprint density at radius 2 is 1.77 bits per heavy atom. The van der Waals surface area contributed by atoms with E-state index in [1.807, 2.05) is 0 Å². The van der Waals surface area contributed by atoms with Gasteiger partial charge in [0.25, 0.3) is 5.91 Å². The van der Waals surface area contributed by atoms with Crippen molar-refractivity contribution in [2.75, 3.05) is 14.2 Å². The Labute approximate surface area is 184 Å². The molecule has 0 aliphatic carbocycles.